The summed E-state index contributed by atoms with van der Waals surface area (Å²) in [5.74, 6) is 0.743. The first kappa shape index (κ1) is 29.5. The number of nitrogens with zero attached hydrogens (tertiary/aromatic N) is 3. The number of methoxy groups -OCH3 is 3. The molecular formula is C30H27N3O9S. The lowest BCUT2D eigenvalue weighted by Crippen LogP contribution is -2.40. The highest BCUT2D eigenvalue weighted by Gasteiger charge is 2.35. The Labute approximate surface area is 248 Å². The third-order valence-corrected chi connectivity index (χ3v) is 7.75. The smallest absolute Gasteiger partial charge is 0.338 e. The SMILES string of the molecule is COCCOC(=O)C1=C(C)N=c2sc(=Cc3ccc(-c4ccc(OC)cc4[N+](=O)[O-])o3)c(=O)n2C1c1ccccc1OC. The van der Waals surface area contributed by atoms with E-state index in [9.17, 15) is 19.7 Å². The summed E-state index contributed by atoms with van der Waals surface area (Å²) in [7, 11) is 4.44. The Balaban J connectivity index is 1.62. The fourth-order valence-electron chi connectivity index (χ4n) is 4.77. The fraction of sp³-hybridized carbons (Fsp3) is 0.233. The van der Waals surface area contributed by atoms with Crippen molar-refractivity contribution in [2.24, 2.45) is 4.99 Å². The summed E-state index contributed by atoms with van der Waals surface area (Å²) in [6.07, 6.45) is 1.54. The summed E-state index contributed by atoms with van der Waals surface area (Å²) < 4.78 is 28.8. The predicted octanol–water partition coefficient (Wildman–Crippen LogP) is 3.61. The number of carbonyl (C=O) groups is 1. The average Bonchev–Trinajstić information content (AvgIpc) is 3.59. The highest BCUT2D eigenvalue weighted by molar-refractivity contribution is 7.07. The van der Waals surface area contributed by atoms with Crippen molar-refractivity contribution < 1.29 is 33.1 Å². The number of nitro benzene ring substituents is 1. The number of aromatic nitrogens is 1. The Kier molecular flexibility index (Phi) is 8.55. The molecule has 1 atom stereocenters. The number of allylic oxidation sites excluding steroid dienone is 1. The van der Waals surface area contributed by atoms with Crippen LogP contribution < -0.4 is 24.4 Å². The van der Waals surface area contributed by atoms with Crippen LogP contribution in [0.4, 0.5) is 5.69 Å². The molecule has 0 N–H and O–H groups in total. The maximum absolute atomic E-state index is 13.9. The average molecular weight is 606 g/mol. The number of para-hydroxylation sites is 1. The van der Waals surface area contributed by atoms with E-state index in [-0.39, 0.29) is 40.3 Å². The van der Waals surface area contributed by atoms with Crippen LogP contribution in [0.5, 0.6) is 11.5 Å². The molecule has 2 aromatic heterocycles. The molecule has 222 valence electrons. The molecule has 0 saturated carbocycles. The summed E-state index contributed by atoms with van der Waals surface area (Å²) in [6.45, 7) is 1.93. The van der Waals surface area contributed by atoms with Crippen molar-refractivity contribution in [2.45, 2.75) is 13.0 Å². The number of carbonyl (C=O) groups excluding carboxylic acids is 1. The highest BCUT2D eigenvalue weighted by Crippen LogP contribution is 2.36. The predicted molar refractivity (Wildman–Crippen MR) is 157 cm³/mol. The molecule has 5 rings (SSSR count). The molecule has 1 aliphatic rings. The van der Waals surface area contributed by atoms with Gasteiger partial charge in [0.1, 0.15) is 35.7 Å². The minimum Gasteiger partial charge on any atom is -0.497 e. The molecule has 3 heterocycles. The molecule has 12 nitrogen and oxygen atoms in total. The largest absolute Gasteiger partial charge is 0.497 e. The van der Waals surface area contributed by atoms with Crippen molar-refractivity contribution in [1.29, 1.82) is 0 Å². The van der Waals surface area contributed by atoms with E-state index in [0.29, 0.717) is 33.3 Å². The first-order valence-electron chi connectivity index (χ1n) is 13.0. The van der Waals surface area contributed by atoms with Crippen LogP contribution in [0.25, 0.3) is 17.4 Å². The molecule has 4 aromatic rings. The van der Waals surface area contributed by atoms with Crippen LogP contribution in [0.3, 0.4) is 0 Å². The molecule has 0 aliphatic carbocycles. The third kappa shape index (κ3) is 5.72. The second kappa shape index (κ2) is 12.5. The van der Waals surface area contributed by atoms with Crippen LogP contribution >= 0.6 is 11.3 Å². The normalized spacial score (nSPS) is 14.7. The van der Waals surface area contributed by atoms with Gasteiger partial charge in [-0.2, -0.15) is 0 Å². The van der Waals surface area contributed by atoms with Gasteiger partial charge in [0.2, 0.25) is 0 Å². The number of ether oxygens (including phenoxy) is 4. The van der Waals surface area contributed by atoms with Gasteiger partial charge in [-0.25, -0.2) is 9.79 Å². The first-order valence-corrected chi connectivity index (χ1v) is 13.8. The summed E-state index contributed by atoms with van der Waals surface area (Å²) in [4.78, 5) is 43.4. The van der Waals surface area contributed by atoms with Gasteiger partial charge in [0, 0.05) is 18.7 Å². The highest BCUT2D eigenvalue weighted by atomic mass is 32.1. The summed E-state index contributed by atoms with van der Waals surface area (Å²) in [5, 5.41) is 11.7. The molecule has 1 aliphatic heterocycles. The van der Waals surface area contributed by atoms with E-state index in [1.807, 2.05) is 0 Å². The molecule has 13 heteroatoms. The van der Waals surface area contributed by atoms with Gasteiger partial charge in [0.05, 0.1) is 53.2 Å². The van der Waals surface area contributed by atoms with E-state index in [1.165, 1.54) is 44.1 Å². The van der Waals surface area contributed by atoms with Crippen molar-refractivity contribution in [1.82, 2.24) is 4.57 Å². The number of rotatable bonds is 10. The standard InChI is InChI=1S/C30H27N3O9S/c1-17-26(29(35)41-14-13-38-2)27(21-7-5-6-8-23(21)40-4)32-28(34)25(43-30(32)31-17)16-19-10-12-24(42-19)20-11-9-18(39-3)15-22(20)33(36)37/h5-12,15-16,27H,13-14H2,1-4H3. The summed E-state index contributed by atoms with van der Waals surface area (Å²) in [5.41, 5.74) is 0.845. The molecule has 2 aromatic carbocycles. The minimum atomic E-state index is -0.876. The van der Waals surface area contributed by atoms with Crippen molar-refractivity contribution >= 4 is 29.1 Å². The van der Waals surface area contributed by atoms with Crippen LogP contribution in [-0.2, 0) is 14.3 Å². The number of esters is 1. The van der Waals surface area contributed by atoms with E-state index in [2.05, 4.69) is 4.99 Å². The number of hydrogen-bond donors (Lipinski definition) is 0. The van der Waals surface area contributed by atoms with Crippen molar-refractivity contribution in [2.75, 3.05) is 34.5 Å². The molecule has 0 radical (unpaired) electrons. The fourth-order valence-corrected chi connectivity index (χ4v) is 5.79. The van der Waals surface area contributed by atoms with Crippen LogP contribution in [-0.4, -0.2) is 50.0 Å². The van der Waals surface area contributed by atoms with Gasteiger partial charge in [-0.1, -0.05) is 29.5 Å². The lowest BCUT2D eigenvalue weighted by Gasteiger charge is -2.26. The van der Waals surface area contributed by atoms with Gasteiger partial charge in [0.15, 0.2) is 4.80 Å². The lowest BCUT2D eigenvalue weighted by atomic mass is 9.95. The molecule has 0 amide bonds. The molecule has 1 unspecified atom stereocenters. The van der Waals surface area contributed by atoms with E-state index < -0.39 is 22.5 Å². The van der Waals surface area contributed by atoms with Crippen LogP contribution in [0.2, 0.25) is 0 Å². The van der Waals surface area contributed by atoms with Crippen LogP contribution in [0.15, 0.2) is 80.1 Å². The zero-order valence-corrected chi connectivity index (χ0v) is 24.5. The maximum atomic E-state index is 13.9. The number of nitro groups is 1. The minimum absolute atomic E-state index is 0.0301. The molecular weight excluding hydrogens is 578 g/mol. The molecule has 0 spiro atoms. The van der Waals surface area contributed by atoms with Gasteiger partial charge >= 0.3 is 5.97 Å². The number of fused-ring (bicyclic) bond motifs is 1. The van der Waals surface area contributed by atoms with E-state index in [0.717, 1.165) is 11.3 Å². The Hall–Kier alpha value is -5.01. The molecule has 0 saturated heterocycles. The van der Waals surface area contributed by atoms with E-state index >= 15 is 0 Å². The van der Waals surface area contributed by atoms with E-state index in [4.69, 9.17) is 23.4 Å². The number of benzene rings is 2. The molecule has 43 heavy (non-hydrogen) atoms. The number of furan rings is 1. The maximum Gasteiger partial charge on any atom is 0.338 e. The van der Waals surface area contributed by atoms with Gasteiger partial charge in [-0.3, -0.25) is 19.5 Å². The van der Waals surface area contributed by atoms with Crippen LogP contribution in [0, 0.1) is 10.1 Å². The van der Waals surface area contributed by atoms with Crippen molar-refractivity contribution in [3.63, 3.8) is 0 Å². The molecule has 0 fully saturated rings. The number of thiazole rings is 1. The zero-order valence-electron chi connectivity index (χ0n) is 23.7. The van der Waals surface area contributed by atoms with Crippen molar-refractivity contribution in [3.8, 4) is 22.8 Å². The van der Waals surface area contributed by atoms with Crippen molar-refractivity contribution in [3.05, 3.63) is 107 Å². The zero-order chi connectivity index (χ0) is 30.7. The number of hydrogen-bond acceptors (Lipinski definition) is 11. The monoisotopic (exact) mass is 605 g/mol. The van der Waals surface area contributed by atoms with Crippen LogP contribution in [0.1, 0.15) is 24.3 Å². The Morgan fingerprint density at radius 1 is 1.12 bits per heavy atom. The topological polar surface area (TPSA) is 145 Å². The second-order valence-corrected chi connectivity index (χ2v) is 10.3. The van der Waals surface area contributed by atoms with Gasteiger partial charge < -0.3 is 23.4 Å². The van der Waals surface area contributed by atoms with Gasteiger partial charge in [-0.05, 0) is 37.3 Å². The summed E-state index contributed by atoms with van der Waals surface area (Å²) in [6, 6.07) is 13.9. The first-order chi connectivity index (χ1) is 20.8. The molecule has 0 bridgehead atoms. The Morgan fingerprint density at radius 3 is 2.63 bits per heavy atom. The van der Waals surface area contributed by atoms with Gasteiger partial charge in [-0.15, -0.1) is 0 Å². The lowest BCUT2D eigenvalue weighted by molar-refractivity contribution is -0.384. The second-order valence-electron chi connectivity index (χ2n) is 9.29. The van der Waals surface area contributed by atoms with Gasteiger partial charge in [0.25, 0.3) is 11.2 Å². The Morgan fingerprint density at radius 2 is 1.91 bits per heavy atom. The third-order valence-electron chi connectivity index (χ3n) is 6.76. The Bertz CT molecular complexity index is 1920. The quantitative estimate of drug-likeness (QED) is 0.115. The summed E-state index contributed by atoms with van der Waals surface area (Å²) >= 11 is 1.12. The van der Waals surface area contributed by atoms with E-state index in [1.54, 1.807) is 49.4 Å².